The van der Waals surface area contributed by atoms with Crippen molar-refractivity contribution < 1.29 is 18.9 Å². The van der Waals surface area contributed by atoms with E-state index in [1.807, 2.05) is 6.07 Å². The molecule has 0 bridgehead atoms. The Morgan fingerprint density at radius 2 is 1.96 bits per heavy atom. The second kappa shape index (κ2) is 7.90. The fourth-order valence-corrected chi connectivity index (χ4v) is 2.77. The Hall–Kier alpha value is -3.35. The number of amides is 1. The first-order valence-corrected chi connectivity index (χ1v) is 8.71. The first-order chi connectivity index (χ1) is 13.0. The van der Waals surface area contributed by atoms with E-state index in [2.05, 4.69) is 12.2 Å². The number of carbonyl (C=O) groups is 1. The number of ether oxygens (including phenoxy) is 1. The lowest BCUT2D eigenvalue weighted by Gasteiger charge is -2.06. The average molecular weight is 368 g/mol. The smallest absolute Gasteiger partial charge is 0.269 e. The number of hydrogen-bond acceptors (Lipinski definition) is 5. The standard InChI is InChI=1S/C20H20N2O5/c1-3-4-11-26-16-9-10-18-17(12-16)19(13(2)27-18)20(23)21-14-5-7-15(8-6-14)22(24)25/h5-10,12H,3-4,11H2,1-2H3,(H,21,23). The van der Waals surface area contributed by atoms with Gasteiger partial charge in [-0.25, -0.2) is 0 Å². The molecule has 3 rings (SSSR count). The lowest BCUT2D eigenvalue weighted by atomic mass is 10.1. The molecular weight excluding hydrogens is 348 g/mol. The van der Waals surface area contributed by atoms with Crippen LogP contribution in [0.2, 0.25) is 0 Å². The van der Waals surface area contributed by atoms with Gasteiger partial charge in [0, 0.05) is 23.2 Å². The molecule has 0 saturated carbocycles. The molecule has 2 aromatic carbocycles. The monoisotopic (exact) mass is 368 g/mol. The summed E-state index contributed by atoms with van der Waals surface area (Å²) in [5.41, 5.74) is 1.45. The maximum atomic E-state index is 12.8. The molecule has 0 aliphatic heterocycles. The van der Waals surface area contributed by atoms with E-state index in [1.54, 1.807) is 19.1 Å². The van der Waals surface area contributed by atoms with Gasteiger partial charge in [-0.2, -0.15) is 0 Å². The Morgan fingerprint density at radius 3 is 2.63 bits per heavy atom. The summed E-state index contributed by atoms with van der Waals surface area (Å²) < 4.78 is 11.4. The summed E-state index contributed by atoms with van der Waals surface area (Å²) in [6.07, 6.45) is 1.99. The van der Waals surface area contributed by atoms with Gasteiger partial charge in [0.2, 0.25) is 0 Å². The molecule has 7 heteroatoms. The number of furan rings is 1. The van der Waals surface area contributed by atoms with Crippen molar-refractivity contribution in [3.8, 4) is 5.75 Å². The Labute approximate surface area is 156 Å². The highest BCUT2D eigenvalue weighted by molar-refractivity contribution is 6.13. The summed E-state index contributed by atoms with van der Waals surface area (Å²) in [7, 11) is 0. The summed E-state index contributed by atoms with van der Waals surface area (Å²) in [6, 6.07) is 11.1. The van der Waals surface area contributed by atoms with Crippen LogP contribution < -0.4 is 10.1 Å². The first kappa shape index (κ1) is 18.4. The third-order valence-corrected chi connectivity index (χ3v) is 4.17. The van der Waals surface area contributed by atoms with Crippen molar-refractivity contribution in [1.82, 2.24) is 0 Å². The Bertz CT molecular complexity index is 976. The summed E-state index contributed by atoms with van der Waals surface area (Å²) in [5.74, 6) is 0.835. The van der Waals surface area contributed by atoms with Crippen molar-refractivity contribution in [3.05, 3.63) is 63.9 Å². The minimum absolute atomic E-state index is 0.0354. The van der Waals surface area contributed by atoms with Gasteiger partial charge in [0.15, 0.2) is 0 Å². The number of fused-ring (bicyclic) bond motifs is 1. The number of benzene rings is 2. The van der Waals surface area contributed by atoms with Gasteiger partial charge in [-0.15, -0.1) is 0 Å². The molecule has 0 saturated heterocycles. The molecule has 7 nitrogen and oxygen atoms in total. The van der Waals surface area contributed by atoms with Crippen LogP contribution in [0, 0.1) is 17.0 Å². The number of hydrogen-bond donors (Lipinski definition) is 1. The fourth-order valence-electron chi connectivity index (χ4n) is 2.77. The molecule has 0 unspecified atom stereocenters. The Balaban J connectivity index is 1.85. The van der Waals surface area contributed by atoms with Gasteiger partial charge in [0.05, 0.1) is 17.1 Å². The molecule has 0 radical (unpaired) electrons. The van der Waals surface area contributed by atoms with Crippen LogP contribution in [0.3, 0.4) is 0 Å². The molecule has 27 heavy (non-hydrogen) atoms. The predicted octanol–water partition coefficient (Wildman–Crippen LogP) is 5.08. The van der Waals surface area contributed by atoms with Crippen molar-refractivity contribution in [2.75, 3.05) is 11.9 Å². The maximum absolute atomic E-state index is 12.8. The normalized spacial score (nSPS) is 10.7. The summed E-state index contributed by atoms with van der Waals surface area (Å²) in [6.45, 7) is 4.43. The number of unbranched alkanes of at least 4 members (excludes halogenated alkanes) is 1. The van der Waals surface area contributed by atoms with E-state index in [1.165, 1.54) is 24.3 Å². The van der Waals surface area contributed by atoms with Gasteiger partial charge in [-0.1, -0.05) is 13.3 Å². The molecule has 0 atom stereocenters. The minimum atomic E-state index is -0.487. The van der Waals surface area contributed by atoms with Crippen LogP contribution in [0.1, 0.15) is 35.9 Å². The van der Waals surface area contributed by atoms with Crippen LogP contribution in [-0.4, -0.2) is 17.4 Å². The van der Waals surface area contributed by atoms with Crippen LogP contribution in [-0.2, 0) is 0 Å². The van der Waals surface area contributed by atoms with Crippen LogP contribution in [0.4, 0.5) is 11.4 Å². The molecule has 0 aliphatic rings. The lowest BCUT2D eigenvalue weighted by molar-refractivity contribution is -0.384. The molecule has 1 aromatic heterocycles. The van der Waals surface area contributed by atoms with E-state index in [0.717, 1.165) is 12.8 Å². The summed E-state index contributed by atoms with van der Waals surface area (Å²) in [5, 5.41) is 14.2. The number of carbonyl (C=O) groups excluding carboxylic acids is 1. The van der Waals surface area contributed by atoms with Gasteiger partial charge in [-0.3, -0.25) is 14.9 Å². The molecule has 0 fully saturated rings. The van der Waals surface area contributed by atoms with E-state index in [4.69, 9.17) is 9.15 Å². The second-order valence-electron chi connectivity index (χ2n) is 6.15. The SMILES string of the molecule is CCCCOc1ccc2oc(C)c(C(=O)Nc3ccc([N+](=O)[O-])cc3)c2c1. The maximum Gasteiger partial charge on any atom is 0.269 e. The van der Waals surface area contributed by atoms with Crippen molar-refractivity contribution in [1.29, 1.82) is 0 Å². The number of nitrogens with zero attached hydrogens (tertiary/aromatic N) is 1. The van der Waals surface area contributed by atoms with E-state index in [9.17, 15) is 14.9 Å². The van der Waals surface area contributed by atoms with Crippen molar-refractivity contribution in [3.63, 3.8) is 0 Å². The summed E-state index contributed by atoms with van der Waals surface area (Å²) >= 11 is 0. The van der Waals surface area contributed by atoms with E-state index >= 15 is 0 Å². The Morgan fingerprint density at radius 1 is 1.22 bits per heavy atom. The lowest BCUT2D eigenvalue weighted by Crippen LogP contribution is -2.12. The highest BCUT2D eigenvalue weighted by Gasteiger charge is 2.19. The van der Waals surface area contributed by atoms with E-state index in [0.29, 0.717) is 40.3 Å². The van der Waals surface area contributed by atoms with Crippen molar-refractivity contribution in [2.45, 2.75) is 26.7 Å². The van der Waals surface area contributed by atoms with Crippen molar-refractivity contribution in [2.24, 2.45) is 0 Å². The molecule has 140 valence electrons. The van der Waals surface area contributed by atoms with Gasteiger partial charge < -0.3 is 14.5 Å². The number of aryl methyl sites for hydroxylation is 1. The largest absolute Gasteiger partial charge is 0.494 e. The number of nitro groups is 1. The zero-order valence-corrected chi connectivity index (χ0v) is 15.2. The molecule has 1 heterocycles. The fraction of sp³-hybridized carbons (Fsp3) is 0.250. The van der Waals surface area contributed by atoms with Gasteiger partial charge >= 0.3 is 0 Å². The molecule has 0 aliphatic carbocycles. The Kier molecular flexibility index (Phi) is 5.40. The van der Waals surface area contributed by atoms with Crippen LogP contribution in [0.25, 0.3) is 11.0 Å². The quantitative estimate of drug-likeness (QED) is 0.356. The number of nitro benzene ring substituents is 1. The third-order valence-electron chi connectivity index (χ3n) is 4.17. The number of non-ortho nitro benzene ring substituents is 1. The number of nitrogens with one attached hydrogen (secondary N) is 1. The average Bonchev–Trinajstić information content (AvgIpc) is 2.97. The minimum Gasteiger partial charge on any atom is -0.494 e. The van der Waals surface area contributed by atoms with Gasteiger partial charge in [0.1, 0.15) is 17.1 Å². The van der Waals surface area contributed by atoms with Crippen LogP contribution >= 0.6 is 0 Å². The highest BCUT2D eigenvalue weighted by Crippen LogP contribution is 2.30. The van der Waals surface area contributed by atoms with Gasteiger partial charge in [-0.05, 0) is 43.7 Å². The zero-order valence-electron chi connectivity index (χ0n) is 15.2. The number of rotatable bonds is 7. The van der Waals surface area contributed by atoms with E-state index in [-0.39, 0.29) is 11.6 Å². The van der Waals surface area contributed by atoms with E-state index < -0.39 is 4.92 Å². The predicted molar refractivity (Wildman–Crippen MR) is 102 cm³/mol. The topological polar surface area (TPSA) is 94.6 Å². The number of anilines is 1. The molecule has 1 N–H and O–H groups in total. The highest BCUT2D eigenvalue weighted by atomic mass is 16.6. The van der Waals surface area contributed by atoms with Crippen LogP contribution in [0.5, 0.6) is 5.75 Å². The second-order valence-corrected chi connectivity index (χ2v) is 6.15. The van der Waals surface area contributed by atoms with Gasteiger partial charge in [0.25, 0.3) is 11.6 Å². The molecular formula is C20H20N2O5. The van der Waals surface area contributed by atoms with Crippen molar-refractivity contribution >= 4 is 28.3 Å². The van der Waals surface area contributed by atoms with Crippen LogP contribution in [0.15, 0.2) is 46.9 Å². The third kappa shape index (κ3) is 4.08. The summed E-state index contributed by atoms with van der Waals surface area (Å²) in [4.78, 5) is 23.0. The molecule has 0 spiro atoms. The molecule has 1 amide bonds. The zero-order chi connectivity index (χ0) is 19.4. The first-order valence-electron chi connectivity index (χ1n) is 8.71. The molecule has 3 aromatic rings.